The average Bonchev–Trinajstić information content (AvgIpc) is 2.99. The molecule has 5 rings (SSSR count). The summed E-state index contributed by atoms with van der Waals surface area (Å²) in [4.78, 5) is 22.6. The third-order valence-corrected chi connectivity index (χ3v) is 5.75. The molecule has 1 saturated heterocycles. The predicted octanol–water partition coefficient (Wildman–Crippen LogP) is -0.275. The maximum absolute atomic E-state index is 11.9. The van der Waals surface area contributed by atoms with Crippen molar-refractivity contribution in [3.8, 4) is 0 Å². The number of fused-ring (bicyclic) bond motifs is 2. The van der Waals surface area contributed by atoms with Gasteiger partial charge in [-0.3, -0.25) is 9.36 Å². The van der Waals surface area contributed by atoms with Gasteiger partial charge in [-0.25, -0.2) is 9.97 Å². The standard InChI is InChI=1S/C19H20N4O6/c1-27-16-18(25)12(8-28-7-11-5-3-2-4-6-11)29-17(19(16,18)26)23-10-22-13-14(23)20-9-21-15(13)24/h2-6,9-10,12,16-17,25-26H,7-8H2,1H3,(H,20,21,24)/t12-,16?,17-,18+,19+/m1/s1. The Morgan fingerprint density at radius 2 is 2.03 bits per heavy atom. The lowest BCUT2D eigenvalue weighted by molar-refractivity contribution is -0.137. The van der Waals surface area contributed by atoms with Crippen molar-refractivity contribution in [3.63, 3.8) is 0 Å². The van der Waals surface area contributed by atoms with Crippen molar-refractivity contribution in [3.05, 3.63) is 58.9 Å². The lowest BCUT2D eigenvalue weighted by Crippen LogP contribution is -2.36. The topological polar surface area (TPSA) is 132 Å². The average molecular weight is 400 g/mol. The van der Waals surface area contributed by atoms with Crippen molar-refractivity contribution < 1.29 is 24.4 Å². The van der Waals surface area contributed by atoms with Gasteiger partial charge in [-0.1, -0.05) is 30.3 Å². The molecule has 10 heteroatoms. The van der Waals surface area contributed by atoms with Gasteiger partial charge in [0.15, 0.2) is 28.6 Å². The maximum atomic E-state index is 11.9. The number of aliphatic hydroxyl groups is 2. The van der Waals surface area contributed by atoms with Crippen LogP contribution in [0.2, 0.25) is 0 Å². The summed E-state index contributed by atoms with van der Waals surface area (Å²) in [5, 5.41) is 22.4. The maximum Gasteiger partial charge on any atom is 0.278 e. The van der Waals surface area contributed by atoms with Crippen LogP contribution in [0, 0.1) is 0 Å². The molecule has 2 fully saturated rings. The Morgan fingerprint density at radius 3 is 2.79 bits per heavy atom. The fraction of sp³-hybridized carbons (Fsp3) is 0.421. The Labute approximate surface area is 164 Å². The van der Waals surface area contributed by atoms with Crippen LogP contribution in [0.15, 0.2) is 47.8 Å². The molecule has 0 bridgehead atoms. The Balaban J connectivity index is 1.42. The monoisotopic (exact) mass is 400 g/mol. The summed E-state index contributed by atoms with van der Waals surface area (Å²) in [6.07, 6.45) is -0.158. The van der Waals surface area contributed by atoms with Gasteiger partial charge in [0.1, 0.15) is 12.2 Å². The molecule has 1 unspecified atom stereocenters. The van der Waals surface area contributed by atoms with Crippen LogP contribution in [-0.2, 0) is 20.8 Å². The number of benzene rings is 1. The van der Waals surface area contributed by atoms with Gasteiger partial charge in [0.05, 0.1) is 25.9 Å². The third-order valence-electron chi connectivity index (χ3n) is 5.75. The first-order valence-electron chi connectivity index (χ1n) is 9.16. The SMILES string of the molecule is COC1[C@@]2(O)[C@@H](COCc3ccccc3)O[C@@H](n3cnc4c(=O)[nH]cnc43)[C@@]12O. The minimum atomic E-state index is -1.72. The Hall–Kier alpha value is -2.63. The minimum absolute atomic E-state index is 0.0463. The highest BCUT2D eigenvalue weighted by Gasteiger charge is 2.89. The van der Waals surface area contributed by atoms with Crippen molar-refractivity contribution in [2.75, 3.05) is 13.7 Å². The van der Waals surface area contributed by atoms with Crippen molar-refractivity contribution in [2.45, 2.75) is 36.2 Å². The number of hydrogen-bond donors (Lipinski definition) is 3. The summed E-state index contributed by atoms with van der Waals surface area (Å²) in [5.41, 5.74) is -2.45. The summed E-state index contributed by atoms with van der Waals surface area (Å²) in [5.74, 6) is 0. The molecule has 10 nitrogen and oxygen atoms in total. The van der Waals surface area contributed by atoms with E-state index in [-0.39, 0.29) is 17.8 Å². The number of aromatic nitrogens is 4. The Kier molecular flexibility index (Phi) is 4.09. The van der Waals surface area contributed by atoms with Gasteiger partial charge in [0, 0.05) is 7.11 Å². The van der Waals surface area contributed by atoms with Crippen LogP contribution in [0.5, 0.6) is 0 Å². The first kappa shape index (κ1) is 18.4. The molecule has 2 aromatic heterocycles. The summed E-state index contributed by atoms with van der Waals surface area (Å²) in [6.45, 7) is 0.382. The van der Waals surface area contributed by atoms with Gasteiger partial charge >= 0.3 is 0 Å². The van der Waals surface area contributed by atoms with Gasteiger partial charge < -0.3 is 29.4 Å². The van der Waals surface area contributed by atoms with Crippen LogP contribution >= 0.6 is 0 Å². The Bertz CT molecular complexity index is 1100. The molecule has 2 aliphatic rings. The number of rotatable bonds is 6. The number of ether oxygens (including phenoxy) is 3. The highest BCUT2D eigenvalue weighted by atomic mass is 16.6. The van der Waals surface area contributed by atoms with Crippen LogP contribution in [0.1, 0.15) is 11.8 Å². The number of H-pyrrole nitrogens is 1. The second kappa shape index (κ2) is 6.44. The van der Waals surface area contributed by atoms with Gasteiger partial charge in [-0.05, 0) is 5.56 Å². The van der Waals surface area contributed by atoms with E-state index >= 15 is 0 Å². The first-order chi connectivity index (χ1) is 14.0. The van der Waals surface area contributed by atoms with Gasteiger partial charge in [-0.2, -0.15) is 0 Å². The molecule has 1 aliphatic heterocycles. The van der Waals surface area contributed by atoms with E-state index in [0.29, 0.717) is 6.61 Å². The molecule has 152 valence electrons. The fourth-order valence-electron chi connectivity index (χ4n) is 4.27. The van der Waals surface area contributed by atoms with Gasteiger partial charge in [0.2, 0.25) is 0 Å². The zero-order chi connectivity index (χ0) is 20.2. The molecule has 1 saturated carbocycles. The smallest absolute Gasteiger partial charge is 0.278 e. The van der Waals surface area contributed by atoms with Crippen LogP contribution in [-0.4, -0.2) is 66.9 Å². The zero-order valence-electron chi connectivity index (χ0n) is 15.6. The van der Waals surface area contributed by atoms with Gasteiger partial charge in [0.25, 0.3) is 5.56 Å². The second-order valence-electron chi connectivity index (χ2n) is 7.30. The third kappa shape index (κ3) is 2.44. The van der Waals surface area contributed by atoms with Crippen molar-refractivity contribution in [2.24, 2.45) is 0 Å². The molecule has 0 spiro atoms. The molecular formula is C19H20N4O6. The van der Waals surface area contributed by atoms with Crippen LogP contribution in [0.25, 0.3) is 11.2 Å². The normalized spacial score (nSPS) is 33.1. The largest absolute Gasteiger partial charge is 0.381 e. The lowest BCUT2D eigenvalue weighted by Gasteiger charge is -2.24. The zero-order valence-corrected chi connectivity index (χ0v) is 15.6. The molecule has 1 aromatic carbocycles. The molecular weight excluding hydrogens is 380 g/mol. The van der Waals surface area contributed by atoms with Crippen LogP contribution in [0.4, 0.5) is 0 Å². The summed E-state index contributed by atoms with van der Waals surface area (Å²) in [6, 6.07) is 9.60. The van der Waals surface area contributed by atoms with Crippen LogP contribution < -0.4 is 5.56 Å². The highest BCUT2D eigenvalue weighted by molar-refractivity contribution is 5.69. The van der Waals surface area contributed by atoms with Crippen molar-refractivity contribution in [1.29, 1.82) is 0 Å². The molecule has 0 amide bonds. The minimum Gasteiger partial charge on any atom is -0.381 e. The number of hydrogen-bond acceptors (Lipinski definition) is 8. The molecule has 29 heavy (non-hydrogen) atoms. The van der Waals surface area contributed by atoms with E-state index < -0.39 is 35.2 Å². The molecule has 3 heterocycles. The fourth-order valence-corrected chi connectivity index (χ4v) is 4.27. The molecule has 0 radical (unpaired) electrons. The van der Waals surface area contributed by atoms with Crippen molar-refractivity contribution >= 4 is 11.2 Å². The Morgan fingerprint density at radius 1 is 1.24 bits per heavy atom. The number of nitrogens with one attached hydrogen (secondary N) is 1. The molecule has 1 aliphatic carbocycles. The van der Waals surface area contributed by atoms with Crippen molar-refractivity contribution in [1.82, 2.24) is 19.5 Å². The summed E-state index contributed by atoms with van der Waals surface area (Å²) >= 11 is 0. The molecule has 5 atom stereocenters. The number of methoxy groups -OCH3 is 1. The second-order valence-corrected chi connectivity index (χ2v) is 7.30. The van der Waals surface area contributed by atoms with E-state index in [1.807, 2.05) is 30.3 Å². The summed E-state index contributed by atoms with van der Waals surface area (Å²) < 4.78 is 18.5. The van der Waals surface area contributed by atoms with Crippen LogP contribution in [0.3, 0.4) is 0 Å². The quantitative estimate of drug-likeness (QED) is 0.515. The van der Waals surface area contributed by atoms with E-state index in [4.69, 9.17) is 14.2 Å². The van der Waals surface area contributed by atoms with E-state index in [1.54, 1.807) is 0 Å². The first-order valence-corrected chi connectivity index (χ1v) is 9.16. The van der Waals surface area contributed by atoms with E-state index in [0.717, 1.165) is 5.56 Å². The molecule has 3 aromatic rings. The van der Waals surface area contributed by atoms with Gasteiger partial charge in [-0.15, -0.1) is 0 Å². The van der Waals surface area contributed by atoms with E-state index in [9.17, 15) is 15.0 Å². The van der Waals surface area contributed by atoms with E-state index in [2.05, 4.69) is 15.0 Å². The lowest BCUT2D eigenvalue weighted by atomic mass is 10.1. The number of imidazole rings is 1. The van der Waals surface area contributed by atoms with E-state index in [1.165, 1.54) is 24.3 Å². The summed E-state index contributed by atoms with van der Waals surface area (Å²) in [7, 11) is 1.41. The molecule has 3 N–H and O–H groups in total. The number of nitrogens with zero attached hydrogens (tertiary/aromatic N) is 3. The predicted molar refractivity (Wildman–Crippen MR) is 98.9 cm³/mol. The highest BCUT2D eigenvalue weighted by Crippen LogP contribution is 2.64. The number of aromatic amines is 1.